The molecule has 0 bridgehead atoms. The Morgan fingerprint density at radius 1 is 1.30 bits per heavy atom. The van der Waals surface area contributed by atoms with Crippen LogP contribution in [0, 0.1) is 10.1 Å². The molecule has 23 heavy (non-hydrogen) atoms. The maximum Gasteiger partial charge on any atom is 0.433 e. The molecule has 0 spiro atoms. The number of aryl methyl sites for hydroxylation is 1. The van der Waals surface area contributed by atoms with Crippen molar-refractivity contribution in [2.45, 2.75) is 13.3 Å². The van der Waals surface area contributed by atoms with Crippen LogP contribution in [0.15, 0.2) is 40.8 Å². The number of carbonyl (C=O) groups is 2. The molecule has 120 valence electrons. The lowest BCUT2D eigenvalue weighted by atomic mass is 10.1. The first kappa shape index (κ1) is 16.2. The van der Waals surface area contributed by atoms with Gasteiger partial charge in [-0.05, 0) is 30.2 Å². The lowest BCUT2D eigenvalue weighted by Crippen LogP contribution is -2.20. The summed E-state index contributed by atoms with van der Waals surface area (Å²) in [5.41, 5.74) is 1.65. The number of rotatable bonds is 6. The lowest BCUT2D eigenvalue weighted by molar-refractivity contribution is -0.402. The third-order valence-corrected chi connectivity index (χ3v) is 2.93. The summed E-state index contributed by atoms with van der Waals surface area (Å²) >= 11 is 0. The SMILES string of the molecule is CCc1cccc(NC(=O)COC(=O)c2ccc([N+](=O)[O-])o2)c1. The van der Waals surface area contributed by atoms with Crippen LogP contribution in [0.25, 0.3) is 0 Å². The van der Waals surface area contributed by atoms with Gasteiger partial charge < -0.3 is 14.5 Å². The molecule has 1 aromatic carbocycles. The van der Waals surface area contributed by atoms with E-state index in [2.05, 4.69) is 9.73 Å². The average Bonchev–Trinajstić information content (AvgIpc) is 3.03. The summed E-state index contributed by atoms with van der Waals surface area (Å²) in [6, 6.07) is 9.42. The van der Waals surface area contributed by atoms with Crippen LogP contribution < -0.4 is 5.32 Å². The van der Waals surface area contributed by atoms with E-state index in [9.17, 15) is 19.7 Å². The van der Waals surface area contributed by atoms with Crippen molar-refractivity contribution < 1.29 is 23.7 Å². The number of nitro groups is 1. The molecule has 2 rings (SSSR count). The fraction of sp³-hybridized carbons (Fsp3) is 0.200. The second kappa shape index (κ2) is 7.21. The van der Waals surface area contributed by atoms with Crippen LogP contribution >= 0.6 is 0 Å². The van der Waals surface area contributed by atoms with Gasteiger partial charge in [0.05, 0.1) is 6.07 Å². The smallest absolute Gasteiger partial charge is 0.433 e. The van der Waals surface area contributed by atoms with Crippen molar-refractivity contribution in [3.63, 3.8) is 0 Å². The van der Waals surface area contributed by atoms with Crippen molar-refractivity contribution in [3.05, 3.63) is 57.8 Å². The number of ether oxygens (including phenoxy) is 1. The molecule has 1 aromatic heterocycles. The van der Waals surface area contributed by atoms with E-state index in [0.717, 1.165) is 24.1 Å². The Bertz CT molecular complexity index is 737. The minimum absolute atomic E-state index is 0.336. The highest BCUT2D eigenvalue weighted by atomic mass is 16.7. The summed E-state index contributed by atoms with van der Waals surface area (Å²) in [5, 5.41) is 13.0. The third-order valence-electron chi connectivity index (χ3n) is 2.93. The van der Waals surface area contributed by atoms with E-state index in [0.29, 0.717) is 5.69 Å². The minimum Gasteiger partial charge on any atom is -0.450 e. The molecule has 0 fully saturated rings. The topological polar surface area (TPSA) is 112 Å². The van der Waals surface area contributed by atoms with Crippen LogP contribution in [-0.2, 0) is 16.0 Å². The summed E-state index contributed by atoms with van der Waals surface area (Å²) < 4.78 is 9.43. The van der Waals surface area contributed by atoms with Crippen LogP contribution in [0.2, 0.25) is 0 Å². The second-order valence-electron chi connectivity index (χ2n) is 4.57. The van der Waals surface area contributed by atoms with Crippen molar-refractivity contribution >= 4 is 23.4 Å². The summed E-state index contributed by atoms with van der Waals surface area (Å²) in [6.45, 7) is 1.47. The number of hydrogen-bond acceptors (Lipinski definition) is 6. The second-order valence-corrected chi connectivity index (χ2v) is 4.57. The van der Waals surface area contributed by atoms with Gasteiger partial charge in [0.25, 0.3) is 5.91 Å². The molecule has 0 saturated carbocycles. The first-order valence-corrected chi connectivity index (χ1v) is 6.79. The van der Waals surface area contributed by atoms with E-state index in [1.807, 2.05) is 25.1 Å². The molecule has 0 atom stereocenters. The number of furan rings is 1. The maximum absolute atomic E-state index is 11.7. The third kappa shape index (κ3) is 4.40. The molecular formula is C15H14N2O6. The zero-order valence-corrected chi connectivity index (χ0v) is 12.3. The van der Waals surface area contributed by atoms with E-state index in [4.69, 9.17) is 4.74 Å². The van der Waals surface area contributed by atoms with Gasteiger partial charge in [-0.15, -0.1) is 0 Å². The highest BCUT2D eigenvalue weighted by molar-refractivity contribution is 5.94. The fourth-order valence-corrected chi connectivity index (χ4v) is 1.80. The number of esters is 1. The Morgan fingerprint density at radius 2 is 2.09 bits per heavy atom. The maximum atomic E-state index is 11.7. The lowest BCUT2D eigenvalue weighted by Gasteiger charge is -2.07. The molecule has 0 radical (unpaired) electrons. The number of nitrogens with zero attached hydrogens (tertiary/aromatic N) is 1. The van der Waals surface area contributed by atoms with Gasteiger partial charge in [0.15, 0.2) is 6.61 Å². The quantitative estimate of drug-likeness (QED) is 0.497. The summed E-state index contributed by atoms with van der Waals surface area (Å²) in [7, 11) is 0. The number of carbonyl (C=O) groups excluding carboxylic acids is 2. The number of amides is 1. The monoisotopic (exact) mass is 318 g/mol. The molecule has 0 saturated heterocycles. The zero-order valence-electron chi connectivity index (χ0n) is 12.3. The van der Waals surface area contributed by atoms with Gasteiger partial charge in [0.1, 0.15) is 4.92 Å². The number of hydrogen-bond donors (Lipinski definition) is 1. The van der Waals surface area contributed by atoms with Gasteiger partial charge >= 0.3 is 11.9 Å². The summed E-state index contributed by atoms with van der Waals surface area (Å²) in [6.07, 6.45) is 0.829. The Kier molecular flexibility index (Phi) is 5.08. The molecule has 8 heteroatoms. The van der Waals surface area contributed by atoms with Crippen molar-refractivity contribution in [1.82, 2.24) is 0 Å². The zero-order chi connectivity index (χ0) is 16.8. The Hall–Kier alpha value is -3.16. The van der Waals surface area contributed by atoms with Crippen molar-refractivity contribution in [1.29, 1.82) is 0 Å². The van der Waals surface area contributed by atoms with Gasteiger partial charge in [-0.2, -0.15) is 0 Å². The van der Waals surface area contributed by atoms with Crippen LogP contribution in [-0.4, -0.2) is 23.4 Å². The van der Waals surface area contributed by atoms with Gasteiger partial charge in [0, 0.05) is 5.69 Å². The number of nitrogens with one attached hydrogen (secondary N) is 1. The highest BCUT2D eigenvalue weighted by Gasteiger charge is 2.19. The van der Waals surface area contributed by atoms with Gasteiger partial charge in [-0.1, -0.05) is 19.1 Å². The summed E-state index contributed by atoms with van der Waals surface area (Å²) in [5.74, 6) is -2.38. The molecule has 0 aliphatic rings. The van der Waals surface area contributed by atoms with Crippen LogP contribution in [0.5, 0.6) is 0 Å². The number of benzene rings is 1. The first-order chi connectivity index (χ1) is 11.0. The van der Waals surface area contributed by atoms with Crippen LogP contribution in [0.4, 0.5) is 11.6 Å². The highest BCUT2D eigenvalue weighted by Crippen LogP contribution is 2.16. The Labute approximate surface area is 131 Å². The van der Waals surface area contributed by atoms with Crippen molar-refractivity contribution in [2.24, 2.45) is 0 Å². The molecule has 2 aromatic rings. The molecule has 8 nitrogen and oxygen atoms in total. The van der Waals surface area contributed by atoms with Gasteiger partial charge in [-0.3, -0.25) is 14.9 Å². The Morgan fingerprint density at radius 3 is 2.74 bits per heavy atom. The van der Waals surface area contributed by atoms with E-state index in [1.165, 1.54) is 0 Å². The molecule has 0 aliphatic carbocycles. The van der Waals surface area contributed by atoms with E-state index < -0.39 is 29.3 Å². The fourth-order valence-electron chi connectivity index (χ4n) is 1.80. The predicted molar refractivity (Wildman–Crippen MR) is 80.1 cm³/mol. The van der Waals surface area contributed by atoms with E-state index in [1.54, 1.807) is 6.07 Å². The normalized spacial score (nSPS) is 10.1. The Balaban J connectivity index is 1.87. The minimum atomic E-state index is -0.949. The molecule has 0 aliphatic heterocycles. The summed E-state index contributed by atoms with van der Waals surface area (Å²) in [4.78, 5) is 33.0. The van der Waals surface area contributed by atoms with E-state index in [-0.39, 0.29) is 5.76 Å². The number of anilines is 1. The standard InChI is InChI=1S/C15H14N2O6/c1-2-10-4-3-5-11(8-10)16-13(18)9-22-15(19)12-6-7-14(23-12)17(20)21/h3-8H,2,9H2,1H3,(H,16,18). The molecule has 0 unspecified atom stereocenters. The first-order valence-electron chi connectivity index (χ1n) is 6.79. The van der Waals surface area contributed by atoms with Crippen LogP contribution in [0.1, 0.15) is 23.0 Å². The van der Waals surface area contributed by atoms with Crippen molar-refractivity contribution in [3.8, 4) is 0 Å². The van der Waals surface area contributed by atoms with Crippen LogP contribution in [0.3, 0.4) is 0 Å². The molecule has 1 heterocycles. The molecule has 1 amide bonds. The average molecular weight is 318 g/mol. The molecule has 1 N–H and O–H groups in total. The predicted octanol–water partition coefficient (Wildman–Crippen LogP) is 2.55. The van der Waals surface area contributed by atoms with Gasteiger partial charge in [0.2, 0.25) is 5.76 Å². The van der Waals surface area contributed by atoms with E-state index >= 15 is 0 Å². The molecular weight excluding hydrogens is 304 g/mol. The van der Waals surface area contributed by atoms with Crippen molar-refractivity contribution in [2.75, 3.05) is 11.9 Å². The van der Waals surface area contributed by atoms with Gasteiger partial charge in [-0.25, -0.2) is 4.79 Å². The largest absolute Gasteiger partial charge is 0.450 e.